The first-order valence-electron chi connectivity index (χ1n) is 9.98. The fourth-order valence-corrected chi connectivity index (χ4v) is 4.26. The second-order valence-electron chi connectivity index (χ2n) is 7.70. The zero-order chi connectivity index (χ0) is 20.2. The van der Waals surface area contributed by atoms with Crippen molar-refractivity contribution in [3.8, 4) is 0 Å². The maximum Gasteiger partial charge on any atom is 0.312 e. The van der Waals surface area contributed by atoms with Crippen LogP contribution in [0.3, 0.4) is 0 Å². The Morgan fingerprint density at radius 3 is 2.69 bits per heavy atom. The Hall–Kier alpha value is -3.16. The van der Waals surface area contributed by atoms with Crippen molar-refractivity contribution in [1.29, 1.82) is 0 Å². The second-order valence-corrected chi connectivity index (χ2v) is 7.70. The van der Waals surface area contributed by atoms with Crippen molar-refractivity contribution in [3.05, 3.63) is 60.1 Å². The van der Waals surface area contributed by atoms with Gasteiger partial charge >= 0.3 is 5.97 Å². The number of anilines is 1. The molecule has 3 aromatic rings. The molecular weight excluding hydrogens is 370 g/mol. The molecule has 0 saturated heterocycles. The molecule has 1 saturated carbocycles. The van der Waals surface area contributed by atoms with E-state index >= 15 is 0 Å². The molecule has 3 heterocycles. The smallest absolute Gasteiger partial charge is 0.312 e. The summed E-state index contributed by atoms with van der Waals surface area (Å²) in [6, 6.07) is 5.36. The van der Waals surface area contributed by atoms with Gasteiger partial charge in [-0.05, 0) is 36.8 Å². The average Bonchev–Trinajstić information content (AvgIpc) is 3.41. The number of carbonyl (C=O) groups is 1. The summed E-state index contributed by atoms with van der Waals surface area (Å²) < 4.78 is 7.09. The van der Waals surface area contributed by atoms with Crippen LogP contribution in [0.15, 0.2) is 47.7 Å². The first kappa shape index (κ1) is 19.2. The molecule has 1 fully saturated rings. The van der Waals surface area contributed by atoms with Gasteiger partial charge in [0.05, 0.1) is 18.1 Å². The molecule has 4 rings (SSSR count). The van der Waals surface area contributed by atoms with Gasteiger partial charge in [0.25, 0.3) is 0 Å². The molecular formula is C21H25N5O3. The van der Waals surface area contributed by atoms with E-state index in [1.807, 2.05) is 16.8 Å². The molecule has 0 aliphatic heterocycles. The molecule has 1 aliphatic rings. The van der Waals surface area contributed by atoms with Gasteiger partial charge in [-0.2, -0.15) is 0 Å². The van der Waals surface area contributed by atoms with Crippen LogP contribution < -0.4 is 5.73 Å². The van der Waals surface area contributed by atoms with Gasteiger partial charge in [-0.25, -0.2) is 9.97 Å². The van der Waals surface area contributed by atoms with E-state index in [4.69, 9.17) is 10.3 Å². The van der Waals surface area contributed by atoms with Gasteiger partial charge in [0.2, 0.25) is 0 Å². The Balaban J connectivity index is 1.61. The number of nitrogen functional groups attached to an aromatic ring is 1. The summed E-state index contributed by atoms with van der Waals surface area (Å²) in [6.45, 7) is 0. The molecule has 29 heavy (non-hydrogen) atoms. The van der Waals surface area contributed by atoms with Crippen LogP contribution >= 0.6 is 0 Å². The largest absolute Gasteiger partial charge is 0.481 e. The minimum atomic E-state index is -0.914. The molecule has 2 unspecified atom stereocenters. The first-order chi connectivity index (χ1) is 14.1. The lowest BCUT2D eigenvalue weighted by atomic mass is 9.82. The summed E-state index contributed by atoms with van der Waals surface area (Å²) in [5.74, 6) is -0.831. The molecule has 0 spiro atoms. The molecule has 8 heteroatoms. The van der Waals surface area contributed by atoms with Crippen molar-refractivity contribution in [2.45, 2.75) is 50.5 Å². The lowest BCUT2D eigenvalue weighted by Crippen LogP contribution is -2.22. The predicted molar refractivity (Wildman–Crippen MR) is 106 cm³/mol. The van der Waals surface area contributed by atoms with Crippen LogP contribution in [0, 0.1) is 5.92 Å². The zero-order valence-electron chi connectivity index (χ0n) is 16.1. The van der Waals surface area contributed by atoms with E-state index in [2.05, 4.69) is 15.1 Å². The molecule has 3 N–H and O–H groups in total. The number of imidazole rings is 1. The number of hydrogen-bond acceptors (Lipinski definition) is 6. The van der Waals surface area contributed by atoms with E-state index in [1.165, 1.54) is 19.3 Å². The monoisotopic (exact) mass is 395 g/mol. The van der Waals surface area contributed by atoms with Crippen molar-refractivity contribution in [2.24, 2.45) is 5.92 Å². The standard InChI is InChI=1S/C21H25N5O3/c22-19-7-6-14(11-23-19)10-16(21(27)28)18-12-26(13-24-18)20(17-8-9-29-25-17)15-4-2-1-3-5-15/h6-9,11-13,15-16,20H,1-5,10H2,(H2,22,23)(H,27,28). The lowest BCUT2D eigenvalue weighted by Gasteiger charge is -2.29. The fraction of sp³-hybridized carbons (Fsp3) is 0.429. The number of pyridine rings is 1. The number of nitrogens with two attached hydrogens (primary N) is 1. The molecule has 8 nitrogen and oxygen atoms in total. The third-order valence-corrected chi connectivity index (χ3v) is 5.74. The van der Waals surface area contributed by atoms with Crippen LogP contribution in [0.1, 0.15) is 61.0 Å². The van der Waals surface area contributed by atoms with Crippen molar-refractivity contribution in [3.63, 3.8) is 0 Å². The van der Waals surface area contributed by atoms with E-state index in [9.17, 15) is 9.90 Å². The molecule has 3 aromatic heterocycles. The van der Waals surface area contributed by atoms with Gasteiger partial charge in [0, 0.05) is 18.5 Å². The van der Waals surface area contributed by atoms with E-state index in [0.717, 1.165) is 24.1 Å². The van der Waals surface area contributed by atoms with E-state index < -0.39 is 11.9 Å². The number of aromatic nitrogens is 4. The number of nitrogens with zero attached hydrogens (tertiary/aromatic N) is 4. The first-order valence-corrected chi connectivity index (χ1v) is 9.98. The van der Waals surface area contributed by atoms with Crippen LogP contribution in [0.25, 0.3) is 0 Å². The van der Waals surface area contributed by atoms with E-state index in [0.29, 0.717) is 23.9 Å². The highest BCUT2D eigenvalue weighted by Crippen LogP contribution is 2.37. The quantitative estimate of drug-likeness (QED) is 0.629. The summed E-state index contributed by atoms with van der Waals surface area (Å²) in [6.07, 6.45) is 12.9. The zero-order valence-corrected chi connectivity index (χ0v) is 16.1. The second kappa shape index (κ2) is 8.46. The highest BCUT2D eigenvalue weighted by Gasteiger charge is 2.30. The summed E-state index contributed by atoms with van der Waals surface area (Å²) >= 11 is 0. The van der Waals surface area contributed by atoms with Crippen molar-refractivity contribution < 1.29 is 14.4 Å². The summed E-state index contributed by atoms with van der Waals surface area (Å²) in [7, 11) is 0. The van der Waals surface area contributed by atoms with Gasteiger partial charge < -0.3 is 19.9 Å². The van der Waals surface area contributed by atoms with Gasteiger partial charge in [0.15, 0.2) is 0 Å². The van der Waals surface area contributed by atoms with Crippen LogP contribution in [-0.4, -0.2) is 30.8 Å². The number of carboxylic acid groups (broad SMARTS) is 1. The number of hydrogen-bond donors (Lipinski definition) is 2. The minimum absolute atomic E-state index is 0.00272. The molecule has 1 aliphatic carbocycles. The number of carboxylic acids is 1. The summed E-state index contributed by atoms with van der Waals surface area (Å²) in [5.41, 5.74) is 7.82. The van der Waals surface area contributed by atoms with Crippen LogP contribution in [-0.2, 0) is 11.2 Å². The maximum atomic E-state index is 12.0. The van der Waals surface area contributed by atoms with Crippen LogP contribution in [0.2, 0.25) is 0 Å². The number of rotatable bonds is 7. The van der Waals surface area contributed by atoms with Crippen LogP contribution in [0.4, 0.5) is 5.82 Å². The highest BCUT2D eigenvalue weighted by atomic mass is 16.5. The Morgan fingerprint density at radius 2 is 2.03 bits per heavy atom. The molecule has 0 bridgehead atoms. The lowest BCUT2D eigenvalue weighted by molar-refractivity contribution is -0.138. The predicted octanol–water partition coefficient (Wildman–Crippen LogP) is 3.43. The van der Waals surface area contributed by atoms with Crippen LogP contribution in [0.5, 0.6) is 0 Å². The third kappa shape index (κ3) is 4.31. The van der Waals surface area contributed by atoms with E-state index in [-0.39, 0.29) is 6.04 Å². The van der Waals surface area contributed by atoms with Gasteiger partial charge in [0.1, 0.15) is 23.7 Å². The maximum absolute atomic E-state index is 12.0. The molecule has 0 aromatic carbocycles. The minimum Gasteiger partial charge on any atom is -0.481 e. The summed E-state index contributed by atoms with van der Waals surface area (Å²) in [5, 5.41) is 14.0. The molecule has 0 radical (unpaired) electrons. The highest BCUT2D eigenvalue weighted by molar-refractivity contribution is 5.75. The van der Waals surface area contributed by atoms with Gasteiger partial charge in [-0.15, -0.1) is 0 Å². The Bertz CT molecular complexity index is 930. The molecule has 2 atom stereocenters. The van der Waals surface area contributed by atoms with E-state index in [1.54, 1.807) is 30.9 Å². The topological polar surface area (TPSA) is 120 Å². The Morgan fingerprint density at radius 1 is 1.21 bits per heavy atom. The average molecular weight is 395 g/mol. The summed E-state index contributed by atoms with van der Waals surface area (Å²) in [4.78, 5) is 20.5. The fourth-order valence-electron chi connectivity index (χ4n) is 4.26. The normalized spacial score (nSPS) is 17.1. The SMILES string of the molecule is Nc1ccc(CC(C(=O)O)c2cn(C(c3ccon3)C3CCCCC3)cn2)cn1. The van der Waals surface area contributed by atoms with Gasteiger partial charge in [-0.3, -0.25) is 4.79 Å². The molecule has 152 valence electrons. The number of aliphatic carboxylic acids is 1. The van der Waals surface area contributed by atoms with Crippen molar-refractivity contribution in [1.82, 2.24) is 19.7 Å². The van der Waals surface area contributed by atoms with Crippen molar-refractivity contribution in [2.75, 3.05) is 5.73 Å². The Labute approximate surface area is 168 Å². The van der Waals surface area contributed by atoms with Crippen molar-refractivity contribution >= 4 is 11.8 Å². The van der Waals surface area contributed by atoms with Gasteiger partial charge in [-0.1, -0.05) is 30.5 Å². The third-order valence-electron chi connectivity index (χ3n) is 5.74. The Kier molecular flexibility index (Phi) is 5.59. The molecule has 0 amide bonds.